The lowest BCUT2D eigenvalue weighted by molar-refractivity contribution is 0.170. The normalized spacial score (nSPS) is 13.2. The first kappa shape index (κ1) is 15.1. The van der Waals surface area contributed by atoms with Crippen LogP contribution in [-0.2, 0) is 0 Å². The van der Waals surface area contributed by atoms with Crippen LogP contribution in [0.15, 0.2) is 48.5 Å². The number of rotatable bonds is 5. The summed E-state index contributed by atoms with van der Waals surface area (Å²) in [6.07, 6.45) is 0.540. The van der Waals surface area contributed by atoms with Crippen LogP contribution in [0.5, 0.6) is 5.75 Å². The summed E-state index contributed by atoms with van der Waals surface area (Å²) in [5.41, 5.74) is 8.97. The number of hydrogen-bond donors (Lipinski definition) is 1. The summed E-state index contributed by atoms with van der Waals surface area (Å²) in [5, 5.41) is 9.17. The Balaban J connectivity index is 2.33. The molecular formula is C18H20N2O. The van der Waals surface area contributed by atoms with Crippen LogP contribution in [-0.4, -0.2) is 6.04 Å². The van der Waals surface area contributed by atoms with E-state index < -0.39 is 0 Å². The van der Waals surface area contributed by atoms with Crippen molar-refractivity contribution >= 4 is 0 Å². The van der Waals surface area contributed by atoms with E-state index in [1.54, 1.807) is 6.07 Å². The number of aryl methyl sites for hydroxylation is 1. The summed E-state index contributed by atoms with van der Waals surface area (Å²) < 4.78 is 6.07. The molecule has 0 aromatic heterocycles. The average Bonchev–Trinajstić information content (AvgIpc) is 2.53. The number of nitrogens with two attached hydrogens (primary N) is 1. The molecule has 3 heteroatoms. The minimum absolute atomic E-state index is 0.126. The van der Waals surface area contributed by atoms with Crippen molar-refractivity contribution in [3.63, 3.8) is 0 Å². The van der Waals surface area contributed by atoms with Crippen LogP contribution >= 0.6 is 0 Å². The van der Waals surface area contributed by atoms with Crippen LogP contribution in [0.4, 0.5) is 0 Å². The van der Waals surface area contributed by atoms with E-state index in [-0.39, 0.29) is 12.1 Å². The average molecular weight is 280 g/mol. The lowest BCUT2D eigenvalue weighted by atomic mass is 9.99. The van der Waals surface area contributed by atoms with Gasteiger partial charge in [-0.2, -0.15) is 5.26 Å². The van der Waals surface area contributed by atoms with E-state index in [2.05, 4.69) is 6.07 Å². The number of benzene rings is 2. The van der Waals surface area contributed by atoms with Gasteiger partial charge in [0.1, 0.15) is 17.9 Å². The summed E-state index contributed by atoms with van der Waals surface area (Å²) >= 11 is 0. The quantitative estimate of drug-likeness (QED) is 0.908. The number of nitriles is 1. The Labute approximate surface area is 126 Å². The number of nitrogens with zero attached hydrogens (tertiary/aromatic N) is 1. The third-order valence-electron chi connectivity index (χ3n) is 3.53. The number of para-hydroxylation sites is 1. The van der Waals surface area contributed by atoms with Crippen molar-refractivity contribution in [2.24, 2.45) is 5.73 Å². The summed E-state index contributed by atoms with van der Waals surface area (Å²) in [4.78, 5) is 0. The van der Waals surface area contributed by atoms with Gasteiger partial charge in [-0.1, -0.05) is 48.9 Å². The standard InChI is InChI=1S/C18H20N2O/c1-3-16(20)18(14-10-8-13(2)9-11-14)21-17-7-5-4-6-15(17)12-19/h4-11,16,18H,3,20H2,1-2H3. The molecule has 2 aromatic carbocycles. The molecule has 2 unspecified atom stereocenters. The van der Waals surface area contributed by atoms with Gasteiger partial charge in [0.2, 0.25) is 0 Å². The van der Waals surface area contributed by atoms with Crippen molar-refractivity contribution in [3.8, 4) is 11.8 Å². The fraction of sp³-hybridized carbons (Fsp3) is 0.278. The van der Waals surface area contributed by atoms with Crippen molar-refractivity contribution in [3.05, 3.63) is 65.2 Å². The van der Waals surface area contributed by atoms with Crippen molar-refractivity contribution in [2.75, 3.05) is 0 Å². The van der Waals surface area contributed by atoms with Gasteiger partial charge in [0.25, 0.3) is 0 Å². The Morgan fingerprint density at radius 2 is 1.81 bits per heavy atom. The fourth-order valence-corrected chi connectivity index (χ4v) is 2.17. The molecule has 0 heterocycles. The monoisotopic (exact) mass is 280 g/mol. The van der Waals surface area contributed by atoms with Gasteiger partial charge >= 0.3 is 0 Å². The maximum Gasteiger partial charge on any atom is 0.139 e. The van der Waals surface area contributed by atoms with E-state index in [4.69, 9.17) is 10.5 Å². The Morgan fingerprint density at radius 1 is 1.14 bits per heavy atom. The highest BCUT2D eigenvalue weighted by atomic mass is 16.5. The van der Waals surface area contributed by atoms with E-state index in [0.29, 0.717) is 11.3 Å². The molecule has 108 valence electrons. The van der Waals surface area contributed by atoms with Crippen molar-refractivity contribution < 1.29 is 4.74 Å². The van der Waals surface area contributed by atoms with Gasteiger partial charge < -0.3 is 10.5 Å². The van der Waals surface area contributed by atoms with Gasteiger partial charge in [0.05, 0.1) is 5.56 Å². The molecule has 2 rings (SSSR count). The van der Waals surface area contributed by atoms with Gasteiger partial charge in [-0.3, -0.25) is 0 Å². The zero-order valence-corrected chi connectivity index (χ0v) is 12.4. The molecular weight excluding hydrogens is 260 g/mol. The van der Waals surface area contributed by atoms with Crippen molar-refractivity contribution in [1.82, 2.24) is 0 Å². The number of ether oxygens (including phenoxy) is 1. The van der Waals surface area contributed by atoms with Crippen molar-refractivity contribution in [1.29, 1.82) is 5.26 Å². The van der Waals surface area contributed by atoms with Gasteiger partial charge in [-0.15, -0.1) is 0 Å². The van der Waals surface area contributed by atoms with E-state index in [9.17, 15) is 5.26 Å². The Kier molecular flexibility index (Phi) is 4.97. The Morgan fingerprint density at radius 3 is 2.43 bits per heavy atom. The molecule has 0 saturated heterocycles. The van der Waals surface area contributed by atoms with Crippen molar-refractivity contribution in [2.45, 2.75) is 32.4 Å². The largest absolute Gasteiger partial charge is 0.483 e. The number of hydrogen-bond acceptors (Lipinski definition) is 3. The molecule has 0 spiro atoms. The van der Waals surface area contributed by atoms with E-state index in [1.807, 2.05) is 56.3 Å². The van der Waals surface area contributed by atoms with E-state index >= 15 is 0 Å². The van der Waals surface area contributed by atoms with Crippen LogP contribution in [0.25, 0.3) is 0 Å². The van der Waals surface area contributed by atoms with E-state index in [0.717, 1.165) is 12.0 Å². The minimum atomic E-state index is -0.259. The molecule has 2 N–H and O–H groups in total. The molecule has 0 bridgehead atoms. The molecule has 0 radical (unpaired) electrons. The molecule has 3 nitrogen and oxygen atoms in total. The van der Waals surface area contributed by atoms with Crippen LogP contribution in [0.2, 0.25) is 0 Å². The summed E-state index contributed by atoms with van der Waals surface area (Å²) in [6, 6.07) is 17.4. The zero-order valence-electron chi connectivity index (χ0n) is 12.4. The van der Waals surface area contributed by atoms with Crippen LogP contribution in [0.1, 0.15) is 36.1 Å². The second-order valence-corrected chi connectivity index (χ2v) is 5.13. The lowest BCUT2D eigenvalue weighted by Gasteiger charge is -2.25. The molecule has 2 atom stereocenters. The van der Waals surface area contributed by atoms with Gasteiger partial charge in [0.15, 0.2) is 0 Å². The molecule has 2 aromatic rings. The Hall–Kier alpha value is -2.31. The summed E-state index contributed by atoms with van der Waals surface area (Å²) in [7, 11) is 0. The molecule has 0 aliphatic rings. The first-order valence-corrected chi connectivity index (χ1v) is 7.13. The fourth-order valence-electron chi connectivity index (χ4n) is 2.17. The van der Waals surface area contributed by atoms with Crippen LogP contribution < -0.4 is 10.5 Å². The first-order valence-electron chi connectivity index (χ1n) is 7.13. The summed E-state index contributed by atoms with van der Waals surface area (Å²) in [5.74, 6) is 0.578. The molecule has 21 heavy (non-hydrogen) atoms. The minimum Gasteiger partial charge on any atom is -0.483 e. The maximum atomic E-state index is 9.17. The highest BCUT2D eigenvalue weighted by Crippen LogP contribution is 2.28. The maximum absolute atomic E-state index is 9.17. The van der Waals surface area contributed by atoms with Gasteiger partial charge in [-0.05, 0) is 31.0 Å². The molecule has 0 fully saturated rings. The van der Waals surface area contributed by atoms with Gasteiger partial charge in [0, 0.05) is 6.04 Å². The predicted octanol–water partition coefficient (Wildman–Crippen LogP) is 3.72. The third-order valence-corrected chi connectivity index (χ3v) is 3.53. The highest BCUT2D eigenvalue weighted by molar-refractivity contribution is 5.43. The topological polar surface area (TPSA) is 59.0 Å². The second kappa shape index (κ2) is 6.92. The smallest absolute Gasteiger partial charge is 0.139 e. The highest BCUT2D eigenvalue weighted by Gasteiger charge is 2.21. The molecule has 0 aliphatic heterocycles. The van der Waals surface area contributed by atoms with Gasteiger partial charge in [-0.25, -0.2) is 0 Å². The third kappa shape index (κ3) is 3.62. The van der Waals surface area contributed by atoms with E-state index in [1.165, 1.54) is 5.56 Å². The SMILES string of the molecule is CCC(N)C(Oc1ccccc1C#N)c1ccc(C)cc1. The Bertz CT molecular complexity index is 628. The van der Waals surface area contributed by atoms with Crippen LogP contribution in [0, 0.1) is 18.3 Å². The summed E-state index contributed by atoms with van der Waals surface area (Å²) in [6.45, 7) is 4.08. The predicted molar refractivity (Wildman–Crippen MR) is 84.0 cm³/mol. The zero-order chi connectivity index (χ0) is 15.2. The first-order chi connectivity index (χ1) is 10.2. The lowest BCUT2D eigenvalue weighted by Crippen LogP contribution is -2.31. The second-order valence-electron chi connectivity index (χ2n) is 5.13. The molecule has 0 amide bonds. The van der Waals surface area contributed by atoms with Crippen LogP contribution in [0.3, 0.4) is 0 Å². The molecule has 0 aliphatic carbocycles. The molecule has 0 saturated carbocycles.